The third-order valence-electron chi connectivity index (χ3n) is 3.02. The molecular formula is C15H19NO3S2. The highest BCUT2D eigenvalue weighted by atomic mass is 32.2. The molecule has 2 aromatic rings. The Morgan fingerprint density at radius 2 is 1.95 bits per heavy atom. The minimum absolute atomic E-state index is 0.204. The monoisotopic (exact) mass is 325 g/mol. The smallest absolute Gasteiger partial charge is 0.175 e. The van der Waals surface area contributed by atoms with Crippen molar-refractivity contribution in [1.29, 1.82) is 0 Å². The van der Waals surface area contributed by atoms with Gasteiger partial charge in [0.1, 0.15) is 11.9 Å². The van der Waals surface area contributed by atoms with Gasteiger partial charge in [0.25, 0.3) is 0 Å². The summed E-state index contributed by atoms with van der Waals surface area (Å²) in [6.45, 7) is 3.90. The number of thiophene rings is 1. The molecular weight excluding hydrogens is 306 g/mol. The van der Waals surface area contributed by atoms with Crippen LogP contribution in [0.15, 0.2) is 41.3 Å². The van der Waals surface area contributed by atoms with Crippen LogP contribution in [0.4, 0.5) is 0 Å². The highest BCUT2D eigenvalue weighted by Crippen LogP contribution is 2.30. The Kier molecular flexibility index (Phi) is 4.70. The van der Waals surface area contributed by atoms with Crippen LogP contribution in [0.2, 0.25) is 0 Å². The molecule has 2 N–H and O–H groups in total. The fourth-order valence-electron chi connectivity index (χ4n) is 1.96. The molecule has 0 saturated carbocycles. The summed E-state index contributed by atoms with van der Waals surface area (Å²) < 4.78 is 29.1. The summed E-state index contributed by atoms with van der Waals surface area (Å²) in [5.41, 5.74) is 6.01. The van der Waals surface area contributed by atoms with Crippen LogP contribution in [0.3, 0.4) is 0 Å². The van der Waals surface area contributed by atoms with Crippen LogP contribution >= 0.6 is 11.3 Å². The van der Waals surface area contributed by atoms with Crippen molar-refractivity contribution in [2.75, 3.05) is 6.26 Å². The van der Waals surface area contributed by atoms with Crippen LogP contribution in [0.5, 0.6) is 5.75 Å². The van der Waals surface area contributed by atoms with E-state index in [4.69, 9.17) is 10.5 Å². The number of hydrogen-bond donors (Lipinski definition) is 1. The average Bonchev–Trinajstić information content (AvgIpc) is 2.81. The molecule has 0 aliphatic heterocycles. The maximum Gasteiger partial charge on any atom is 0.175 e. The Hall–Kier alpha value is -1.37. The van der Waals surface area contributed by atoms with E-state index in [1.54, 1.807) is 29.5 Å². The second-order valence-corrected chi connectivity index (χ2v) is 8.43. The van der Waals surface area contributed by atoms with Crippen LogP contribution < -0.4 is 10.5 Å². The van der Waals surface area contributed by atoms with E-state index in [9.17, 15) is 8.42 Å². The van der Waals surface area contributed by atoms with Gasteiger partial charge in [0, 0.05) is 22.1 Å². The van der Waals surface area contributed by atoms with Gasteiger partial charge in [-0.05, 0) is 44.2 Å². The molecule has 0 spiro atoms. The van der Waals surface area contributed by atoms with Gasteiger partial charge < -0.3 is 10.5 Å². The number of aryl methyl sites for hydroxylation is 1. The molecule has 0 bridgehead atoms. The zero-order valence-electron chi connectivity index (χ0n) is 12.2. The number of hydrogen-bond acceptors (Lipinski definition) is 5. The molecule has 21 heavy (non-hydrogen) atoms. The van der Waals surface area contributed by atoms with Crippen LogP contribution in [0.25, 0.3) is 0 Å². The predicted octanol–water partition coefficient (Wildman–Crippen LogP) is 2.93. The minimum atomic E-state index is -3.25. The fraction of sp³-hybridized carbons (Fsp3) is 0.333. The van der Waals surface area contributed by atoms with Crippen molar-refractivity contribution in [3.8, 4) is 5.75 Å². The van der Waals surface area contributed by atoms with Crippen LogP contribution in [0, 0.1) is 6.92 Å². The lowest BCUT2D eigenvalue weighted by Gasteiger charge is -2.21. The van der Waals surface area contributed by atoms with Gasteiger partial charge >= 0.3 is 0 Å². The molecule has 0 saturated heterocycles. The molecule has 4 nitrogen and oxygen atoms in total. The lowest BCUT2D eigenvalue weighted by molar-refractivity contribution is 0.183. The third-order valence-corrected chi connectivity index (χ3v) is 5.19. The van der Waals surface area contributed by atoms with E-state index in [1.807, 2.05) is 26.0 Å². The molecule has 1 aromatic heterocycles. The van der Waals surface area contributed by atoms with Gasteiger partial charge in [-0.25, -0.2) is 8.42 Å². The predicted molar refractivity (Wildman–Crippen MR) is 85.6 cm³/mol. The molecule has 114 valence electrons. The fourth-order valence-corrected chi connectivity index (χ4v) is 3.63. The average molecular weight is 325 g/mol. The maximum absolute atomic E-state index is 11.6. The van der Waals surface area contributed by atoms with Gasteiger partial charge in [-0.3, -0.25) is 0 Å². The topological polar surface area (TPSA) is 69.4 Å². The second kappa shape index (κ2) is 6.17. The number of rotatable bonds is 5. The maximum atomic E-state index is 11.6. The van der Waals surface area contributed by atoms with E-state index < -0.39 is 9.84 Å². The molecule has 0 aliphatic rings. The van der Waals surface area contributed by atoms with Gasteiger partial charge in [0.2, 0.25) is 0 Å². The molecule has 0 fully saturated rings. The first-order valence-corrected chi connectivity index (χ1v) is 9.27. The Morgan fingerprint density at radius 1 is 1.24 bits per heavy atom. The highest BCUT2D eigenvalue weighted by molar-refractivity contribution is 7.90. The summed E-state index contributed by atoms with van der Waals surface area (Å²) >= 11 is 1.63. The van der Waals surface area contributed by atoms with Crippen LogP contribution in [-0.4, -0.2) is 20.7 Å². The second-order valence-electron chi connectivity index (χ2n) is 5.09. The van der Waals surface area contributed by atoms with Gasteiger partial charge in [0.15, 0.2) is 9.84 Å². The molecule has 6 heteroatoms. The van der Waals surface area contributed by atoms with Gasteiger partial charge in [-0.2, -0.15) is 0 Å². The summed E-state index contributed by atoms with van der Waals surface area (Å²) in [6, 6.07) is 10.3. The molecule has 0 amide bonds. The number of ether oxygens (including phenoxy) is 1. The van der Waals surface area contributed by atoms with Crippen molar-refractivity contribution in [2.24, 2.45) is 5.73 Å². The molecule has 0 radical (unpaired) electrons. The zero-order valence-corrected chi connectivity index (χ0v) is 13.9. The number of nitrogens with two attached hydrogens (primary N) is 1. The lowest BCUT2D eigenvalue weighted by atomic mass is 10.1. The van der Waals surface area contributed by atoms with E-state index in [1.165, 1.54) is 17.2 Å². The summed E-state index contributed by atoms with van der Waals surface area (Å²) in [6.07, 6.45) is 0.885. The van der Waals surface area contributed by atoms with Crippen molar-refractivity contribution in [3.63, 3.8) is 0 Å². The van der Waals surface area contributed by atoms with E-state index in [0.29, 0.717) is 5.75 Å². The standard InChI is InChI=1S/C15H19NO3S2/c1-10-7-8-14(20-10)15(11(2)16)19-12-5-4-6-13(9-12)21(3,17)18/h4-9,11,15H,16H2,1-3H3. The zero-order chi connectivity index (χ0) is 15.6. The molecule has 1 heterocycles. The lowest BCUT2D eigenvalue weighted by Crippen LogP contribution is -2.28. The van der Waals surface area contributed by atoms with Gasteiger partial charge in [-0.15, -0.1) is 11.3 Å². The van der Waals surface area contributed by atoms with Gasteiger partial charge in [-0.1, -0.05) is 6.07 Å². The molecule has 0 aliphatic carbocycles. The number of sulfone groups is 1. The van der Waals surface area contributed by atoms with Crippen LogP contribution in [-0.2, 0) is 9.84 Å². The van der Waals surface area contributed by atoms with Crippen molar-refractivity contribution in [3.05, 3.63) is 46.2 Å². The van der Waals surface area contributed by atoms with E-state index >= 15 is 0 Å². The van der Waals surface area contributed by atoms with Crippen molar-refractivity contribution in [1.82, 2.24) is 0 Å². The SMILES string of the molecule is Cc1ccc(C(Oc2cccc(S(C)(=O)=O)c2)C(C)N)s1. The Morgan fingerprint density at radius 3 is 2.48 bits per heavy atom. The van der Waals surface area contributed by atoms with Crippen molar-refractivity contribution < 1.29 is 13.2 Å². The van der Waals surface area contributed by atoms with Crippen molar-refractivity contribution in [2.45, 2.75) is 30.9 Å². The first kappa shape index (κ1) is 16.0. The first-order chi connectivity index (χ1) is 9.77. The van der Waals surface area contributed by atoms with E-state index in [2.05, 4.69) is 0 Å². The Balaban J connectivity index is 2.30. The number of benzene rings is 1. The molecule has 2 rings (SSSR count). The summed E-state index contributed by atoms with van der Waals surface area (Å²) in [7, 11) is -3.25. The summed E-state index contributed by atoms with van der Waals surface area (Å²) in [4.78, 5) is 2.46. The summed E-state index contributed by atoms with van der Waals surface area (Å²) in [5, 5.41) is 0. The Bertz CT molecular complexity index is 720. The Labute approximate surface area is 129 Å². The molecule has 2 unspecified atom stereocenters. The first-order valence-electron chi connectivity index (χ1n) is 6.56. The van der Waals surface area contributed by atoms with Gasteiger partial charge in [0.05, 0.1) is 4.90 Å². The van der Waals surface area contributed by atoms with Crippen LogP contribution in [0.1, 0.15) is 22.8 Å². The van der Waals surface area contributed by atoms with E-state index in [-0.39, 0.29) is 17.0 Å². The van der Waals surface area contributed by atoms with E-state index in [0.717, 1.165) is 4.88 Å². The quantitative estimate of drug-likeness (QED) is 0.917. The highest BCUT2D eigenvalue weighted by Gasteiger charge is 2.20. The largest absolute Gasteiger partial charge is 0.483 e. The third kappa shape index (κ3) is 4.06. The summed E-state index contributed by atoms with van der Waals surface area (Å²) in [5.74, 6) is 0.506. The minimum Gasteiger partial charge on any atom is -0.483 e. The molecule has 2 atom stereocenters. The normalized spacial score (nSPS) is 14.7. The molecule has 1 aromatic carbocycles. The van der Waals surface area contributed by atoms with Crippen molar-refractivity contribution >= 4 is 21.2 Å².